The van der Waals surface area contributed by atoms with E-state index in [2.05, 4.69) is 25.1 Å². The molecule has 1 aliphatic heterocycles. The number of anilines is 3. The Labute approximate surface area is 190 Å². The average Bonchev–Trinajstić information content (AvgIpc) is 2.84. The summed E-state index contributed by atoms with van der Waals surface area (Å²) in [6.07, 6.45) is 3.31. The summed E-state index contributed by atoms with van der Waals surface area (Å²) in [4.78, 5) is 25.8. The van der Waals surface area contributed by atoms with E-state index in [-0.39, 0.29) is 17.5 Å². The van der Waals surface area contributed by atoms with E-state index in [0.29, 0.717) is 11.4 Å². The van der Waals surface area contributed by atoms with Crippen LogP contribution in [0.1, 0.15) is 0 Å². The first-order valence-electron chi connectivity index (χ1n) is 10.3. The fraction of sp³-hybridized carbons (Fsp3) is 0.261. The Balaban J connectivity index is 1.34. The Morgan fingerprint density at radius 3 is 2.53 bits per heavy atom. The predicted octanol–water partition coefficient (Wildman–Crippen LogP) is 3.68. The van der Waals surface area contributed by atoms with Crippen molar-refractivity contribution in [3.05, 3.63) is 66.7 Å². The van der Waals surface area contributed by atoms with Gasteiger partial charge in [0.15, 0.2) is 5.82 Å². The summed E-state index contributed by atoms with van der Waals surface area (Å²) in [7, 11) is 1.59. The van der Waals surface area contributed by atoms with Crippen LogP contribution in [0.2, 0.25) is 0 Å². The van der Waals surface area contributed by atoms with Gasteiger partial charge in [0.1, 0.15) is 16.6 Å². The van der Waals surface area contributed by atoms with Gasteiger partial charge in [0, 0.05) is 56.0 Å². The number of nitrogens with zero attached hydrogens (tertiary/aromatic N) is 4. The van der Waals surface area contributed by atoms with Gasteiger partial charge in [0.05, 0.1) is 12.9 Å². The van der Waals surface area contributed by atoms with Crippen molar-refractivity contribution in [2.75, 3.05) is 54.2 Å². The van der Waals surface area contributed by atoms with Crippen LogP contribution in [0.5, 0.6) is 5.75 Å². The van der Waals surface area contributed by atoms with Crippen molar-refractivity contribution in [3.63, 3.8) is 0 Å². The molecule has 1 amide bonds. The predicted molar refractivity (Wildman–Crippen MR) is 125 cm³/mol. The van der Waals surface area contributed by atoms with Gasteiger partial charge in [0.2, 0.25) is 5.91 Å². The molecule has 2 heterocycles. The third-order valence-electron chi connectivity index (χ3n) is 5.11. The van der Waals surface area contributed by atoms with E-state index in [0.717, 1.165) is 42.7 Å². The zero-order chi connectivity index (χ0) is 22.3. The number of halogens is 1. The Kier molecular flexibility index (Phi) is 7.06. The van der Waals surface area contributed by atoms with Crippen molar-refractivity contribution >= 4 is 34.9 Å². The summed E-state index contributed by atoms with van der Waals surface area (Å²) in [5.41, 5.74) is 1.69. The summed E-state index contributed by atoms with van der Waals surface area (Å²) in [6, 6.07) is 13.8. The van der Waals surface area contributed by atoms with E-state index in [4.69, 9.17) is 4.74 Å². The number of hydrogen-bond donors (Lipinski definition) is 1. The fourth-order valence-electron chi connectivity index (χ4n) is 3.50. The molecular formula is C23H24FN5O2S. The van der Waals surface area contributed by atoms with E-state index in [9.17, 15) is 9.18 Å². The van der Waals surface area contributed by atoms with Gasteiger partial charge in [-0.1, -0.05) is 17.8 Å². The highest BCUT2D eigenvalue weighted by Gasteiger charge is 2.21. The third-order valence-corrected chi connectivity index (χ3v) is 6.08. The molecule has 1 fully saturated rings. The molecule has 1 saturated heterocycles. The Morgan fingerprint density at radius 2 is 1.78 bits per heavy atom. The quantitative estimate of drug-likeness (QED) is 0.547. The second-order valence-corrected chi connectivity index (χ2v) is 8.17. The number of carbonyl (C=O) groups is 1. The number of rotatable bonds is 7. The minimum atomic E-state index is -0.232. The third kappa shape index (κ3) is 5.47. The number of piperazine rings is 1. The van der Waals surface area contributed by atoms with E-state index in [1.165, 1.54) is 23.9 Å². The Morgan fingerprint density at radius 1 is 1.06 bits per heavy atom. The van der Waals surface area contributed by atoms with Crippen LogP contribution in [0, 0.1) is 5.82 Å². The highest BCUT2D eigenvalue weighted by Crippen LogP contribution is 2.28. The molecule has 0 saturated carbocycles. The highest BCUT2D eigenvalue weighted by atomic mass is 32.2. The van der Waals surface area contributed by atoms with Gasteiger partial charge in [-0.15, -0.1) is 0 Å². The van der Waals surface area contributed by atoms with Crippen molar-refractivity contribution in [3.8, 4) is 5.75 Å². The molecule has 9 heteroatoms. The minimum absolute atomic E-state index is 0.124. The van der Waals surface area contributed by atoms with E-state index in [1.54, 1.807) is 37.7 Å². The maximum Gasteiger partial charge on any atom is 0.234 e. The fourth-order valence-corrected chi connectivity index (χ4v) is 4.28. The van der Waals surface area contributed by atoms with Gasteiger partial charge >= 0.3 is 0 Å². The summed E-state index contributed by atoms with van der Waals surface area (Å²) >= 11 is 1.36. The molecule has 1 N–H and O–H groups in total. The number of aromatic nitrogens is 2. The van der Waals surface area contributed by atoms with Gasteiger partial charge < -0.3 is 19.9 Å². The summed E-state index contributed by atoms with van der Waals surface area (Å²) in [5.74, 6) is 1.33. The molecule has 0 bridgehead atoms. The van der Waals surface area contributed by atoms with Crippen molar-refractivity contribution in [2.45, 2.75) is 5.03 Å². The molecule has 3 aromatic rings. The lowest BCUT2D eigenvalue weighted by molar-refractivity contribution is -0.113. The van der Waals surface area contributed by atoms with E-state index in [1.807, 2.05) is 18.2 Å². The highest BCUT2D eigenvalue weighted by molar-refractivity contribution is 8.00. The van der Waals surface area contributed by atoms with Crippen LogP contribution in [-0.4, -0.2) is 54.9 Å². The van der Waals surface area contributed by atoms with Gasteiger partial charge in [-0.2, -0.15) is 0 Å². The number of benzene rings is 2. The van der Waals surface area contributed by atoms with Crippen LogP contribution in [0.25, 0.3) is 0 Å². The van der Waals surface area contributed by atoms with E-state index >= 15 is 0 Å². The smallest absolute Gasteiger partial charge is 0.234 e. The van der Waals surface area contributed by atoms with Crippen LogP contribution < -0.4 is 19.9 Å². The number of hydrogen-bond acceptors (Lipinski definition) is 7. The number of ether oxygens (including phenoxy) is 1. The van der Waals surface area contributed by atoms with Crippen LogP contribution in [0.3, 0.4) is 0 Å². The second-order valence-electron chi connectivity index (χ2n) is 7.20. The first-order chi connectivity index (χ1) is 15.6. The Bertz CT molecular complexity index is 1060. The molecule has 0 spiro atoms. The van der Waals surface area contributed by atoms with E-state index < -0.39 is 0 Å². The number of amides is 1. The lowest BCUT2D eigenvalue weighted by atomic mass is 10.2. The molecule has 1 aromatic heterocycles. The second kappa shape index (κ2) is 10.3. The molecule has 2 aromatic carbocycles. The topological polar surface area (TPSA) is 70.6 Å². The normalized spacial score (nSPS) is 13.7. The Hall–Kier alpha value is -3.33. The first kappa shape index (κ1) is 21.9. The average molecular weight is 454 g/mol. The van der Waals surface area contributed by atoms with Gasteiger partial charge in [-0.25, -0.2) is 14.4 Å². The molecule has 32 heavy (non-hydrogen) atoms. The van der Waals surface area contributed by atoms with Gasteiger partial charge in [-0.05, 0) is 36.4 Å². The molecule has 0 atom stereocenters. The van der Waals surface area contributed by atoms with Crippen LogP contribution in [0.15, 0.2) is 66.0 Å². The minimum Gasteiger partial charge on any atom is -0.497 e. The monoisotopic (exact) mass is 453 g/mol. The maximum absolute atomic E-state index is 13.2. The first-order valence-corrected chi connectivity index (χ1v) is 11.2. The van der Waals surface area contributed by atoms with Gasteiger partial charge in [0.25, 0.3) is 0 Å². The number of carbonyl (C=O) groups excluding carboxylic acids is 1. The standard InChI is InChI=1S/C23H24FN5O2S/c1-31-20-4-2-3-18(15-20)27-21(30)16-32-23-22(25-9-10-26-23)29-13-11-28(12-14-29)19-7-5-17(24)6-8-19/h2-10,15H,11-14,16H2,1H3,(H,27,30). The lowest BCUT2D eigenvalue weighted by Crippen LogP contribution is -2.47. The molecule has 0 unspecified atom stereocenters. The van der Waals surface area contributed by atoms with Crippen LogP contribution >= 0.6 is 11.8 Å². The number of methoxy groups -OCH3 is 1. The van der Waals surface area contributed by atoms with Crippen molar-refractivity contribution in [1.29, 1.82) is 0 Å². The zero-order valence-electron chi connectivity index (χ0n) is 17.7. The van der Waals surface area contributed by atoms with Crippen LogP contribution in [0.4, 0.5) is 21.6 Å². The van der Waals surface area contributed by atoms with Crippen molar-refractivity contribution < 1.29 is 13.9 Å². The molecule has 0 radical (unpaired) electrons. The molecular weight excluding hydrogens is 429 g/mol. The van der Waals surface area contributed by atoms with Crippen molar-refractivity contribution in [2.24, 2.45) is 0 Å². The number of thioether (sulfide) groups is 1. The maximum atomic E-state index is 13.2. The molecule has 0 aliphatic carbocycles. The summed E-state index contributed by atoms with van der Waals surface area (Å²) < 4.78 is 18.4. The van der Waals surface area contributed by atoms with Gasteiger partial charge in [-0.3, -0.25) is 4.79 Å². The number of nitrogens with one attached hydrogen (secondary N) is 1. The molecule has 4 rings (SSSR count). The zero-order valence-corrected chi connectivity index (χ0v) is 18.5. The molecule has 166 valence electrons. The SMILES string of the molecule is COc1cccc(NC(=O)CSc2nccnc2N2CCN(c3ccc(F)cc3)CC2)c1. The lowest BCUT2D eigenvalue weighted by Gasteiger charge is -2.37. The van der Waals surface area contributed by atoms with Crippen LogP contribution in [-0.2, 0) is 4.79 Å². The molecule has 7 nitrogen and oxygen atoms in total. The summed E-state index contributed by atoms with van der Waals surface area (Å²) in [5, 5.41) is 3.60. The molecule has 1 aliphatic rings. The largest absolute Gasteiger partial charge is 0.497 e. The van der Waals surface area contributed by atoms with Crippen molar-refractivity contribution in [1.82, 2.24) is 9.97 Å². The summed E-state index contributed by atoms with van der Waals surface area (Å²) in [6.45, 7) is 3.12.